The van der Waals surface area contributed by atoms with Crippen LogP contribution in [0, 0.1) is 0 Å². The van der Waals surface area contributed by atoms with E-state index in [2.05, 4.69) is 4.98 Å². The van der Waals surface area contributed by atoms with E-state index in [9.17, 15) is 4.79 Å². The van der Waals surface area contributed by atoms with Gasteiger partial charge < -0.3 is 9.64 Å². The monoisotopic (exact) mass is 248 g/mol. The average Bonchev–Trinajstić information content (AvgIpc) is 2.90. The van der Waals surface area contributed by atoms with E-state index in [1.54, 1.807) is 17.3 Å². The molecular weight excluding hydrogens is 228 g/mol. The minimum absolute atomic E-state index is 0.140. The van der Waals surface area contributed by atoms with E-state index < -0.39 is 0 Å². The van der Waals surface area contributed by atoms with Crippen molar-refractivity contribution in [3.05, 3.63) is 30.1 Å². The molecule has 1 amide bonds. The summed E-state index contributed by atoms with van der Waals surface area (Å²) in [6, 6.07) is 3.97. The van der Waals surface area contributed by atoms with Crippen LogP contribution in [0.5, 0.6) is 0 Å². The Bertz CT molecular complexity index is 375. The molecule has 0 bridgehead atoms. The average molecular weight is 248 g/mol. The molecule has 1 aliphatic rings. The predicted molar refractivity (Wildman–Crippen MR) is 69.2 cm³/mol. The summed E-state index contributed by atoms with van der Waals surface area (Å²) in [5, 5.41) is 0. The number of hydrogen-bond donors (Lipinski definition) is 0. The van der Waals surface area contributed by atoms with Crippen molar-refractivity contribution in [3.8, 4) is 0 Å². The fourth-order valence-corrected chi connectivity index (χ4v) is 2.13. The Hall–Kier alpha value is -1.42. The molecule has 1 unspecified atom stereocenters. The molecule has 0 aromatic carbocycles. The van der Waals surface area contributed by atoms with Gasteiger partial charge in [-0.1, -0.05) is 0 Å². The summed E-state index contributed by atoms with van der Waals surface area (Å²) in [6.45, 7) is 1.55. The lowest BCUT2D eigenvalue weighted by molar-refractivity contribution is -0.132. The molecule has 0 N–H and O–H groups in total. The van der Waals surface area contributed by atoms with E-state index in [4.69, 9.17) is 4.74 Å². The van der Waals surface area contributed by atoms with Gasteiger partial charge in [-0.25, -0.2) is 0 Å². The maximum absolute atomic E-state index is 12.0. The number of rotatable bonds is 5. The summed E-state index contributed by atoms with van der Waals surface area (Å²) in [5.74, 6) is 0.177. The summed E-state index contributed by atoms with van der Waals surface area (Å²) in [7, 11) is 1.86. The van der Waals surface area contributed by atoms with Crippen molar-refractivity contribution in [1.82, 2.24) is 9.88 Å². The van der Waals surface area contributed by atoms with E-state index in [0.717, 1.165) is 32.4 Å². The Labute approximate surface area is 108 Å². The highest BCUT2D eigenvalue weighted by atomic mass is 16.5. The molecule has 4 nitrogen and oxygen atoms in total. The number of likely N-dealkylation sites (N-methyl/N-ethyl adjacent to an activating group) is 1. The number of pyridine rings is 1. The van der Waals surface area contributed by atoms with Crippen LogP contribution in [0.2, 0.25) is 0 Å². The van der Waals surface area contributed by atoms with Crippen LogP contribution in [0.3, 0.4) is 0 Å². The molecule has 0 radical (unpaired) electrons. The number of hydrogen-bond acceptors (Lipinski definition) is 3. The predicted octanol–water partition coefficient (Wildman–Crippen LogP) is 1.65. The second-order valence-corrected chi connectivity index (χ2v) is 4.76. The molecular formula is C14H20N2O2. The lowest BCUT2D eigenvalue weighted by Gasteiger charge is -2.19. The highest BCUT2D eigenvalue weighted by molar-refractivity contribution is 5.76. The minimum Gasteiger partial charge on any atom is -0.378 e. The zero-order valence-electron chi connectivity index (χ0n) is 10.8. The van der Waals surface area contributed by atoms with Crippen LogP contribution >= 0.6 is 0 Å². The maximum atomic E-state index is 12.0. The normalized spacial score (nSPS) is 18.8. The first-order chi connectivity index (χ1) is 8.75. The number of nitrogens with zero attached hydrogens (tertiary/aromatic N) is 2. The SMILES string of the molecule is CN(CCc1ccncc1)C(=O)CC1CCCO1. The van der Waals surface area contributed by atoms with Gasteiger partial charge in [0, 0.05) is 32.6 Å². The van der Waals surface area contributed by atoms with Gasteiger partial charge in [0.2, 0.25) is 5.91 Å². The lowest BCUT2D eigenvalue weighted by atomic mass is 10.1. The van der Waals surface area contributed by atoms with Crippen molar-refractivity contribution < 1.29 is 9.53 Å². The van der Waals surface area contributed by atoms with Crippen molar-refractivity contribution in [2.75, 3.05) is 20.2 Å². The van der Waals surface area contributed by atoms with Crippen LogP contribution in [-0.4, -0.2) is 42.1 Å². The Balaban J connectivity index is 1.73. The zero-order valence-corrected chi connectivity index (χ0v) is 10.8. The second-order valence-electron chi connectivity index (χ2n) is 4.76. The van der Waals surface area contributed by atoms with Crippen LogP contribution in [0.15, 0.2) is 24.5 Å². The summed E-state index contributed by atoms with van der Waals surface area (Å²) >= 11 is 0. The van der Waals surface area contributed by atoms with E-state index in [1.165, 1.54) is 5.56 Å². The van der Waals surface area contributed by atoms with Crippen LogP contribution in [0.1, 0.15) is 24.8 Å². The Kier molecular flexibility index (Phi) is 4.70. The quantitative estimate of drug-likeness (QED) is 0.795. The molecule has 0 saturated carbocycles. The van der Waals surface area contributed by atoms with Crippen molar-refractivity contribution >= 4 is 5.91 Å². The lowest BCUT2D eigenvalue weighted by Crippen LogP contribution is -2.31. The van der Waals surface area contributed by atoms with Crippen molar-refractivity contribution in [2.45, 2.75) is 31.8 Å². The van der Waals surface area contributed by atoms with Crippen LogP contribution in [0.25, 0.3) is 0 Å². The fourth-order valence-electron chi connectivity index (χ4n) is 2.13. The van der Waals surface area contributed by atoms with E-state index in [0.29, 0.717) is 6.42 Å². The standard InChI is InChI=1S/C14H20N2O2/c1-16(9-6-12-4-7-15-8-5-12)14(17)11-13-3-2-10-18-13/h4-5,7-8,13H,2-3,6,9-11H2,1H3. The van der Waals surface area contributed by atoms with Crippen molar-refractivity contribution in [3.63, 3.8) is 0 Å². The molecule has 0 spiro atoms. The smallest absolute Gasteiger partial charge is 0.224 e. The molecule has 2 heterocycles. The number of amides is 1. The first kappa shape index (κ1) is 13.0. The summed E-state index contributed by atoms with van der Waals surface area (Å²) < 4.78 is 5.48. The highest BCUT2D eigenvalue weighted by Gasteiger charge is 2.20. The molecule has 1 saturated heterocycles. The first-order valence-electron chi connectivity index (χ1n) is 6.50. The summed E-state index contributed by atoms with van der Waals surface area (Å²) in [5.41, 5.74) is 1.21. The van der Waals surface area contributed by atoms with Gasteiger partial charge in [0.05, 0.1) is 12.5 Å². The second kappa shape index (κ2) is 6.50. The maximum Gasteiger partial charge on any atom is 0.224 e. The number of carbonyl (C=O) groups is 1. The van der Waals surface area contributed by atoms with Gasteiger partial charge in [0.25, 0.3) is 0 Å². The van der Waals surface area contributed by atoms with Crippen LogP contribution in [-0.2, 0) is 16.0 Å². The largest absolute Gasteiger partial charge is 0.378 e. The van der Waals surface area contributed by atoms with Crippen molar-refractivity contribution in [2.24, 2.45) is 0 Å². The highest BCUT2D eigenvalue weighted by Crippen LogP contribution is 2.16. The molecule has 4 heteroatoms. The van der Waals surface area contributed by atoms with E-state index >= 15 is 0 Å². The number of aromatic nitrogens is 1. The zero-order chi connectivity index (χ0) is 12.8. The molecule has 1 aromatic heterocycles. The van der Waals surface area contributed by atoms with Gasteiger partial charge in [0.1, 0.15) is 0 Å². The van der Waals surface area contributed by atoms with Gasteiger partial charge >= 0.3 is 0 Å². The third kappa shape index (κ3) is 3.81. The third-order valence-corrected chi connectivity index (χ3v) is 3.34. The topological polar surface area (TPSA) is 42.4 Å². The van der Waals surface area contributed by atoms with E-state index in [1.807, 2.05) is 19.2 Å². The summed E-state index contributed by atoms with van der Waals surface area (Å²) in [4.78, 5) is 17.7. The fraction of sp³-hybridized carbons (Fsp3) is 0.571. The molecule has 98 valence electrons. The van der Waals surface area contributed by atoms with Gasteiger partial charge in [-0.2, -0.15) is 0 Å². The third-order valence-electron chi connectivity index (χ3n) is 3.34. The molecule has 0 aliphatic carbocycles. The van der Waals surface area contributed by atoms with Gasteiger partial charge in [-0.3, -0.25) is 9.78 Å². The Morgan fingerprint density at radius 3 is 2.94 bits per heavy atom. The van der Waals surface area contributed by atoms with Crippen LogP contribution < -0.4 is 0 Å². The molecule has 2 rings (SSSR count). The van der Waals surface area contributed by atoms with Gasteiger partial charge in [0.15, 0.2) is 0 Å². The number of ether oxygens (including phenoxy) is 1. The summed E-state index contributed by atoms with van der Waals surface area (Å²) in [6.07, 6.45) is 7.19. The minimum atomic E-state index is 0.140. The van der Waals surface area contributed by atoms with E-state index in [-0.39, 0.29) is 12.0 Å². The Morgan fingerprint density at radius 1 is 1.50 bits per heavy atom. The van der Waals surface area contributed by atoms with Crippen molar-refractivity contribution in [1.29, 1.82) is 0 Å². The molecule has 1 aliphatic heterocycles. The number of carbonyl (C=O) groups excluding carboxylic acids is 1. The van der Waals surface area contributed by atoms with Gasteiger partial charge in [-0.15, -0.1) is 0 Å². The van der Waals surface area contributed by atoms with Gasteiger partial charge in [-0.05, 0) is 37.0 Å². The molecule has 1 fully saturated rings. The molecule has 18 heavy (non-hydrogen) atoms. The van der Waals surface area contributed by atoms with Crippen LogP contribution in [0.4, 0.5) is 0 Å². The Morgan fingerprint density at radius 2 is 2.28 bits per heavy atom. The molecule has 1 atom stereocenters. The first-order valence-corrected chi connectivity index (χ1v) is 6.50. The molecule has 1 aromatic rings.